The number of imidazole rings is 1. The number of fused-ring (bicyclic) bond motifs is 1. The summed E-state index contributed by atoms with van der Waals surface area (Å²) in [5, 5.41) is 35.4. The number of anilines is 1. The maximum Gasteiger partial charge on any atom is 0.340 e. The Morgan fingerprint density at radius 3 is 2.29 bits per heavy atom. The van der Waals surface area contributed by atoms with Crippen molar-refractivity contribution in [2.45, 2.75) is 31.9 Å². The van der Waals surface area contributed by atoms with Crippen molar-refractivity contribution < 1.29 is 43.7 Å². The normalized spacial score (nSPS) is 16.1. The molecule has 1 unspecified atom stereocenters. The first kappa shape index (κ1) is 31.6. The minimum absolute atomic E-state index is 0.110. The average Bonchev–Trinajstić information content (AvgIpc) is 3.40. The van der Waals surface area contributed by atoms with Crippen molar-refractivity contribution in [2.75, 3.05) is 17.8 Å². The van der Waals surface area contributed by atoms with Crippen molar-refractivity contribution >= 4 is 32.2 Å². The van der Waals surface area contributed by atoms with Crippen molar-refractivity contribution in [1.29, 1.82) is 0 Å². The summed E-state index contributed by atoms with van der Waals surface area (Å²) in [5.41, 5.74) is 3.51. The molecule has 0 fully saturated rings. The van der Waals surface area contributed by atoms with Gasteiger partial charge in [0.1, 0.15) is 18.5 Å². The molecular weight excluding hydrogens is 588 g/mol. The Bertz CT molecular complexity index is 1630. The molecule has 7 N–H and O–H groups in total. The first-order valence-corrected chi connectivity index (χ1v) is 16.2. The van der Waals surface area contributed by atoms with Gasteiger partial charge >= 0.3 is 15.2 Å². The molecule has 4 atom stereocenters. The van der Waals surface area contributed by atoms with Gasteiger partial charge in [-0.25, -0.2) is 15.0 Å². The van der Waals surface area contributed by atoms with Gasteiger partial charge in [-0.2, -0.15) is 0 Å². The fraction of sp³-hybridized carbons (Fsp3) is 0.269. The Morgan fingerprint density at radius 2 is 1.64 bits per heavy atom. The summed E-state index contributed by atoms with van der Waals surface area (Å²) in [6.45, 7) is 1.13. The lowest BCUT2D eigenvalue weighted by Crippen LogP contribution is -2.37. The smallest absolute Gasteiger partial charge is 0.340 e. The molecule has 224 valence electrons. The van der Waals surface area contributed by atoms with Crippen LogP contribution in [-0.4, -0.2) is 74.2 Å². The summed E-state index contributed by atoms with van der Waals surface area (Å²) in [6.07, 6.45) is -1.66. The van der Waals surface area contributed by atoms with Gasteiger partial charge in [0.05, 0.1) is 12.9 Å². The summed E-state index contributed by atoms with van der Waals surface area (Å²) in [7, 11) is -9.55. The molecular formula is C26H31N5O9P2. The topological polar surface area (TPSA) is 220 Å². The van der Waals surface area contributed by atoms with Gasteiger partial charge in [-0.05, 0) is 29.2 Å². The van der Waals surface area contributed by atoms with Gasteiger partial charge in [0.15, 0.2) is 29.1 Å². The van der Waals surface area contributed by atoms with E-state index in [-0.39, 0.29) is 11.2 Å². The molecule has 0 amide bonds. The van der Waals surface area contributed by atoms with Crippen LogP contribution < -0.4 is 5.32 Å². The molecule has 16 heteroatoms. The molecule has 0 aliphatic carbocycles. The van der Waals surface area contributed by atoms with Crippen LogP contribution >= 0.6 is 15.2 Å². The zero-order valence-electron chi connectivity index (χ0n) is 22.4. The molecule has 4 aromatic rings. The first-order chi connectivity index (χ1) is 19.9. The molecule has 4 rings (SSSR count). The molecule has 0 bridgehead atoms. The first-order valence-electron chi connectivity index (χ1n) is 12.6. The lowest BCUT2D eigenvalue weighted by molar-refractivity contribution is -0.0795. The molecule has 2 aromatic carbocycles. The van der Waals surface area contributed by atoms with Gasteiger partial charge in [-0.1, -0.05) is 60.7 Å². The average molecular weight is 620 g/mol. The number of aliphatic hydroxyl groups excluding tert-OH is 3. The number of benzene rings is 2. The molecule has 14 nitrogen and oxygen atoms in total. The summed E-state index contributed by atoms with van der Waals surface area (Å²) in [4.78, 5) is 40.2. The molecule has 0 aliphatic heterocycles. The second kappa shape index (κ2) is 13.3. The second-order valence-electron chi connectivity index (χ2n) is 9.39. The molecule has 0 spiro atoms. The zero-order chi connectivity index (χ0) is 30.5. The van der Waals surface area contributed by atoms with E-state index in [2.05, 4.69) is 20.3 Å². The van der Waals surface area contributed by atoms with Gasteiger partial charge in [0.2, 0.25) is 0 Å². The van der Waals surface area contributed by atoms with E-state index < -0.39 is 46.1 Å². The summed E-state index contributed by atoms with van der Waals surface area (Å²) >= 11 is 0. The number of rotatable bonds is 13. The molecule has 0 aliphatic rings. The van der Waals surface area contributed by atoms with Crippen LogP contribution in [0, 0.1) is 0 Å². The number of hydrogen-bond acceptors (Lipinski definition) is 10. The number of allylic oxidation sites excluding steroid dienone is 1. The van der Waals surface area contributed by atoms with Crippen molar-refractivity contribution in [2.24, 2.45) is 0 Å². The minimum Gasteiger partial charge on any atom is -0.386 e. The van der Waals surface area contributed by atoms with E-state index in [1.807, 2.05) is 54.6 Å². The van der Waals surface area contributed by atoms with Crippen molar-refractivity contribution in [3.8, 4) is 11.1 Å². The fourth-order valence-electron chi connectivity index (χ4n) is 4.14. The highest BCUT2D eigenvalue weighted by molar-refractivity contribution is 7.70. The number of nitrogens with one attached hydrogen (secondary N) is 1. The lowest BCUT2D eigenvalue weighted by atomic mass is 10.0. The summed E-state index contributed by atoms with van der Waals surface area (Å²) in [6, 6.07) is 18.0. The van der Waals surface area contributed by atoms with Crippen LogP contribution in [-0.2, 0) is 20.2 Å². The number of aromatic nitrogens is 4. The van der Waals surface area contributed by atoms with E-state index in [1.165, 1.54) is 25.7 Å². The Labute approximate surface area is 240 Å². The second-order valence-corrected chi connectivity index (χ2v) is 13.4. The highest BCUT2D eigenvalue weighted by Gasteiger charge is 2.34. The Hall–Kier alpha value is -3.29. The van der Waals surface area contributed by atoms with Crippen LogP contribution in [0.25, 0.3) is 22.3 Å². The van der Waals surface area contributed by atoms with E-state index in [9.17, 15) is 29.3 Å². The molecule has 2 aromatic heterocycles. The SMILES string of the molecule is C/C=C(/COP(=O)(O)CP(=O)(O)O)[C@@H](O)[C@@H](O)[C@@H](O)n1cnc2c(NCc3ccc(-c4ccccc4)cc3)ncnc21. The maximum absolute atomic E-state index is 11.9. The van der Waals surface area contributed by atoms with Crippen molar-refractivity contribution in [3.63, 3.8) is 0 Å². The minimum atomic E-state index is -4.85. The van der Waals surface area contributed by atoms with Crippen LogP contribution in [0.3, 0.4) is 0 Å². The molecule has 2 heterocycles. The van der Waals surface area contributed by atoms with Gasteiger partial charge in [-0.15, -0.1) is 0 Å². The van der Waals surface area contributed by atoms with Crippen LogP contribution in [0.5, 0.6) is 0 Å². The van der Waals surface area contributed by atoms with Crippen LogP contribution in [0.2, 0.25) is 0 Å². The number of aliphatic hydroxyl groups is 3. The fourth-order valence-corrected chi connectivity index (χ4v) is 6.68. The maximum atomic E-state index is 11.9. The largest absolute Gasteiger partial charge is 0.386 e. The third kappa shape index (κ3) is 7.96. The third-order valence-electron chi connectivity index (χ3n) is 6.34. The van der Waals surface area contributed by atoms with Gasteiger partial charge in [-0.3, -0.25) is 13.7 Å². The lowest BCUT2D eigenvalue weighted by Gasteiger charge is -2.26. The zero-order valence-corrected chi connectivity index (χ0v) is 24.2. The van der Waals surface area contributed by atoms with E-state index >= 15 is 0 Å². The monoisotopic (exact) mass is 619 g/mol. The summed E-state index contributed by atoms with van der Waals surface area (Å²) < 4.78 is 28.9. The molecule has 42 heavy (non-hydrogen) atoms. The highest BCUT2D eigenvalue weighted by atomic mass is 31.2. The van der Waals surface area contributed by atoms with Gasteiger partial charge < -0.3 is 39.8 Å². The number of nitrogens with zero attached hydrogens (tertiary/aromatic N) is 4. The van der Waals surface area contributed by atoms with Gasteiger partial charge in [0, 0.05) is 6.54 Å². The molecule has 0 saturated carbocycles. The van der Waals surface area contributed by atoms with Crippen molar-refractivity contribution in [3.05, 3.63) is 84.5 Å². The predicted molar refractivity (Wildman–Crippen MR) is 154 cm³/mol. The number of hydrogen-bond donors (Lipinski definition) is 7. The molecule has 0 saturated heterocycles. The van der Waals surface area contributed by atoms with Crippen LogP contribution in [0.1, 0.15) is 18.7 Å². The third-order valence-corrected chi connectivity index (χ3v) is 9.78. The van der Waals surface area contributed by atoms with E-state index in [1.54, 1.807) is 0 Å². The van der Waals surface area contributed by atoms with Crippen LogP contribution in [0.4, 0.5) is 5.82 Å². The molecule has 0 radical (unpaired) electrons. The van der Waals surface area contributed by atoms with E-state index in [0.717, 1.165) is 21.3 Å². The quantitative estimate of drug-likeness (QED) is 0.0846. The summed E-state index contributed by atoms with van der Waals surface area (Å²) in [5.74, 6) is -1.03. The Morgan fingerprint density at radius 1 is 0.976 bits per heavy atom. The van der Waals surface area contributed by atoms with Crippen molar-refractivity contribution in [1.82, 2.24) is 19.5 Å². The Balaban J connectivity index is 1.43. The highest BCUT2D eigenvalue weighted by Crippen LogP contribution is 2.55. The standard InChI is InChI=1S/C26H31N5O9P2/c1-2-18(13-40-42(38,39)16-41(35,36)37)22(32)23(33)26(34)31-15-30-21-24(28-14-29-25(21)31)27-12-17-8-10-20(11-9-17)19-6-4-3-5-7-19/h2-11,14-15,22-23,26,32-34H,12-13,16H2,1H3,(H,38,39)(H,27,28,29)(H2,35,36,37)/b18-2-/t22-,23-,26-/m1/s1. The van der Waals surface area contributed by atoms with E-state index in [4.69, 9.17) is 14.3 Å². The van der Waals surface area contributed by atoms with E-state index in [0.29, 0.717) is 17.9 Å². The Kier molecular flexibility index (Phi) is 10.1. The predicted octanol–water partition coefficient (Wildman–Crippen LogP) is 2.60. The van der Waals surface area contributed by atoms with Crippen LogP contribution in [0.15, 0.2) is 78.9 Å². The van der Waals surface area contributed by atoms with Gasteiger partial charge in [0.25, 0.3) is 0 Å².